The highest BCUT2D eigenvalue weighted by Gasteiger charge is 2.30. The van der Waals surface area contributed by atoms with Crippen LogP contribution in [0.15, 0.2) is 6.33 Å². The summed E-state index contributed by atoms with van der Waals surface area (Å²) in [6, 6.07) is 0. The number of aromatic nitrogens is 2. The van der Waals surface area contributed by atoms with E-state index in [2.05, 4.69) is 9.36 Å². The zero-order chi connectivity index (χ0) is 8.55. The first-order chi connectivity index (χ1) is 5.77. The van der Waals surface area contributed by atoms with Crippen molar-refractivity contribution in [1.29, 1.82) is 0 Å². The number of rotatable bonds is 1. The molecule has 0 spiro atoms. The molecular formula is C6H9N3O2S. The van der Waals surface area contributed by atoms with Crippen molar-refractivity contribution in [3.63, 3.8) is 0 Å². The largest absolute Gasteiger partial charge is 0.389 e. The molecule has 1 aliphatic rings. The lowest BCUT2D eigenvalue weighted by atomic mass is 10.3. The summed E-state index contributed by atoms with van der Waals surface area (Å²) in [7, 11) is 0. The molecule has 0 radical (unpaired) electrons. The van der Waals surface area contributed by atoms with Crippen LogP contribution in [0.1, 0.15) is 0 Å². The molecule has 2 atom stereocenters. The molecule has 2 heterocycles. The summed E-state index contributed by atoms with van der Waals surface area (Å²) < 4.78 is 3.84. The number of hydrogen-bond acceptors (Lipinski definition) is 6. The third-order valence-corrected chi connectivity index (χ3v) is 2.61. The third-order valence-electron chi connectivity index (χ3n) is 1.88. The Labute approximate surface area is 73.5 Å². The van der Waals surface area contributed by atoms with E-state index in [9.17, 15) is 10.2 Å². The molecule has 0 aliphatic carbocycles. The van der Waals surface area contributed by atoms with Gasteiger partial charge in [0.05, 0.1) is 12.2 Å². The van der Waals surface area contributed by atoms with Crippen LogP contribution in [0.4, 0.5) is 5.13 Å². The second-order valence-electron chi connectivity index (χ2n) is 2.76. The van der Waals surface area contributed by atoms with E-state index in [0.29, 0.717) is 13.1 Å². The van der Waals surface area contributed by atoms with Crippen molar-refractivity contribution in [3.05, 3.63) is 6.33 Å². The van der Waals surface area contributed by atoms with Crippen molar-refractivity contribution in [2.24, 2.45) is 0 Å². The van der Waals surface area contributed by atoms with Gasteiger partial charge in [0.1, 0.15) is 6.33 Å². The zero-order valence-electron chi connectivity index (χ0n) is 6.29. The fourth-order valence-electron chi connectivity index (χ4n) is 1.23. The number of aliphatic hydroxyl groups is 2. The summed E-state index contributed by atoms with van der Waals surface area (Å²) >= 11 is 1.27. The average Bonchev–Trinajstić information content (AvgIpc) is 2.61. The quantitative estimate of drug-likeness (QED) is 0.595. The van der Waals surface area contributed by atoms with Crippen LogP contribution >= 0.6 is 11.5 Å². The molecule has 0 bridgehead atoms. The molecular weight excluding hydrogens is 178 g/mol. The van der Waals surface area contributed by atoms with Gasteiger partial charge in [-0.25, -0.2) is 4.98 Å². The van der Waals surface area contributed by atoms with E-state index < -0.39 is 12.2 Å². The fraction of sp³-hybridized carbons (Fsp3) is 0.667. The van der Waals surface area contributed by atoms with Gasteiger partial charge in [-0.1, -0.05) is 0 Å². The monoisotopic (exact) mass is 187 g/mol. The molecule has 1 aromatic heterocycles. The van der Waals surface area contributed by atoms with Gasteiger partial charge in [0.15, 0.2) is 0 Å². The van der Waals surface area contributed by atoms with Crippen LogP contribution in [0.5, 0.6) is 0 Å². The molecule has 0 amide bonds. The van der Waals surface area contributed by atoms with E-state index in [1.165, 1.54) is 17.9 Å². The first-order valence-electron chi connectivity index (χ1n) is 3.65. The summed E-state index contributed by atoms with van der Waals surface area (Å²) in [5.41, 5.74) is 0. The Kier molecular flexibility index (Phi) is 1.95. The van der Waals surface area contributed by atoms with Crippen LogP contribution in [0.25, 0.3) is 0 Å². The van der Waals surface area contributed by atoms with Crippen molar-refractivity contribution < 1.29 is 10.2 Å². The van der Waals surface area contributed by atoms with Crippen molar-refractivity contribution in [2.75, 3.05) is 18.0 Å². The maximum atomic E-state index is 9.23. The fourth-order valence-corrected chi connectivity index (χ4v) is 1.78. The number of aliphatic hydroxyl groups excluding tert-OH is 2. The van der Waals surface area contributed by atoms with Gasteiger partial charge < -0.3 is 15.1 Å². The number of nitrogens with zero attached hydrogens (tertiary/aromatic N) is 3. The van der Waals surface area contributed by atoms with Crippen molar-refractivity contribution >= 4 is 16.7 Å². The van der Waals surface area contributed by atoms with Gasteiger partial charge in [-0.05, 0) is 0 Å². The Balaban J connectivity index is 2.09. The highest BCUT2D eigenvalue weighted by atomic mass is 32.1. The van der Waals surface area contributed by atoms with Crippen LogP contribution in [0, 0.1) is 0 Å². The summed E-state index contributed by atoms with van der Waals surface area (Å²) in [5, 5.41) is 19.2. The van der Waals surface area contributed by atoms with E-state index in [1.807, 2.05) is 4.90 Å². The van der Waals surface area contributed by atoms with Gasteiger partial charge in [0, 0.05) is 24.6 Å². The molecule has 0 saturated carbocycles. The van der Waals surface area contributed by atoms with Gasteiger partial charge in [0.2, 0.25) is 5.13 Å². The van der Waals surface area contributed by atoms with Gasteiger partial charge in [-0.2, -0.15) is 4.37 Å². The van der Waals surface area contributed by atoms with Crippen LogP contribution < -0.4 is 4.90 Å². The maximum Gasteiger partial charge on any atom is 0.205 e. The molecule has 12 heavy (non-hydrogen) atoms. The summed E-state index contributed by atoms with van der Waals surface area (Å²) in [6.45, 7) is 0.882. The zero-order valence-corrected chi connectivity index (χ0v) is 7.11. The lowest BCUT2D eigenvalue weighted by Gasteiger charge is -2.11. The van der Waals surface area contributed by atoms with E-state index >= 15 is 0 Å². The van der Waals surface area contributed by atoms with Crippen LogP contribution in [0.2, 0.25) is 0 Å². The van der Waals surface area contributed by atoms with Crippen molar-refractivity contribution in [3.8, 4) is 0 Å². The Hall–Kier alpha value is -0.720. The Bertz CT molecular complexity index is 243. The lowest BCUT2D eigenvalue weighted by Crippen LogP contribution is -2.22. The maximum absolute atomic E-state index is 9.23. The molecule has 6 heteroatoms. The minimum atomic E-state index is -0.658. The second kappa shape index (κ2) is 2.96. The Morgan fingerprint density at radius 3 is 2.58 bits per heavy atom. The predicted molar refractivity (Wildman–Crippen MR) is 44.1 cm³/mol. The van der Waals surface area contributed by atoms with E-state index in [-0.39, 0.29) is 0 Å². The molecule has 0 aromatic carbocycles. The molecule has 2 rings (SSSR count). The normalized spacial score (nSPS) is 29.7. The highest BCUT2D eigenvalue weighted by Crippen LogP contribution is 2.20. The Morgan fingerprint density at radius 1 is 1.42 bits per heavy atom. The number of β-amino-alcohol motifs (C(OH)–C–C–N with tert-alkyl or cyclic N) is 2. The van der Waals surface area contributed by atoms with Gasteiger partial charge in [0.25, 0.3) is 0 Å². The van der Waals surface area contributed by atoms with E-state index in [1.54, 1.807) is 0 Å². The van der Waals surface area contributed by atoms with Crippen LogP contribution in [-0.2, 0) is 0 Å². The van der Waals surface area contributed by atoms with Gasteiger partial charge in [-0.3, -0.25) is 0 Å². The SMILES string of the molecule is O[C@@H]1CN(c2ncns2)C[C@@H]1O. The smallest absolute Gasteiger partial charge is 0.205 e. The molecule has 1 aromatic rings. The lowest BCUT2D eigenvalue weighted by molar-refractivity contribution is 0.0572. The molecule has 2 N–H and O–H groups in total. The number of anilines is 1. The first-order valence-corrected chi connectivity index (χ1v) is 4.42. The van der Waals surface area contributed by atoms with E-state index in [0.717, 1.165) is 5.13 Å². The second-order valence-corrected chi connectivity index (χ2v) is 3.52. The predicted octanol–water partition coefficient (Wildman–Crippen LogP) is -0.920. The first kappa shape index (κ1) is 7.90. The average molecular weight is 187 g/mol. The van der Waals surface area contributed by atoms with E-state index in [4.69, 9.17) is 0 Å². The van der Waals surface area contributed by atoms with Crippen LogP contribution in [0.3, 0.4) is 0 Å². The van der Waals surface area contributed by atoms with Crippen molar-refractivity contribution in [1.82, 2.24) is 9.36 Å². The topological polar surface area (TPSA) is 69.5 Å². The van der Waals surface area contributed by atoms with Crippen molar-refractivity contribution in [2.45, 2.75) is 12.2 Å². The molecule has 1 saturated heterocycles. The Morgan fingerprint density at radius 2 is 2.08 bits per heavy atom. The van der Waals surface area contributed by atoms with Crippen LogP contribution in [-0.4, -0.2) is 44.9 Å². The summed E-state index contributed by atoms with van der Waals surface area (Å²) in [5.74, 6) is 0. The third kappa shape index (κ3) is 1.28. The molecule has 66 valence electrons. The molecule has 5 nitrogen and oxygen atoms in total. The van der Waals surface area contributed by atoms with Gasteiger partial charge in [-0.15, -0.1) is 0 Å². The van der Waals surface area contributed by atoms with Gasteiger partial charge >= 0.3 is 0 Å². The summed E-state index contributed by atoms with van der Waals surface area (Å²) in [6.07, 6.45) is 0.152. The molecule has 1 aliphatic heterocycles. The number of hydrogen-bond donors (Lipinski definition) is 2. The molecule has 1 fully saturated rings. The molecule has 0 unspecified atom stereocenters. The minimum Gasteiger partial charge on any atom is -0.389 e. The highest BCUT2D eigenvalue weighted by molar-refractivity contribution is 7.09. The standard InChI is InChI=1S/C6H9N3O2S/c10-4-1-9(2-5(4)11)6-7-3-8-12-6/h3-5,10-11H,1-2H2/t4-,5+. The minimum absolute atomic E-state index is 0.441. The summed E-state index contributed by atoms with van der Waals surface area (Å²) in [4.78, 5) is 5.80.